The third kappa shape index (κ3) is 3.97. The van der Waals surface area contributed by atoms with Crippen molar-refractivity contribution in [2.24, 2.45) is 0 Å². The van der Waals surface area contributed by atoms with E-state index in [1.165, 1.54) is 0 Å². The Morgan fingerprint density at radius 3 is 2.16 bits per heavy atom. The van der Waals surface area contributed by atoms with Gasteiger partial charge in [-0.1, -0.05) is 48.0 Å². The van der Waals surface area contributed by atoms with Gasteiger partial charge in [0.05, 0.1) is 17.0 Å². The molecular formula is C27H21ClN2O2. The summed E-state index contributed by atoms with van der Waals surface area (Å²) in [5.74, 6) is 2.60. The number of rotatable bonds is 5. The Bertz CT molecular complexity index is 1420. The summed E-state index contributed by atoms with van der Waals surface area (Å²) in [6.07, 6.45) is 0.118. The lowest BCUT2D eigenvalue weighted by atomic mass is 10.1. The van der Waals surface area contributed by atoms with E-state index in [1.54, 1.807) is 0 Å². The fraction of sp³-hybridized carbons (Fsp3) is 0.111. The van der Waals surface area contributed by atoms with Crippen LogP contribution in [0, 0.1) is 0 Å². The second kappa shape index (κ2) is 8.48. The zero-order valence-corrected chi connectivity index (χ0v) is 18.5. The molecule has 0 fully saturated rings. The van der Waals surface area contributed by atoms with E-state index in [0.717, 1.165) is 33.0 Å². The molecule has 0 spiro atoms. The van der Waals surface area contributed by atoms with Crippen molar-refractivity contribution in [3.63, 3.8) is 0 Å². The standard InChI is InChI=1S/C27H21ClN2O2/c1-17(2)31-19-13-11-18(12-14-19)26-29-24-10-6-5-9-22(24)27(30-26)32-25-16-15-23(28)20-7-3-4-8-21(20)25/h3-17H,1-2H3. The summed E-state index contributed by atoms with van der Waals surface area (Å²) in [7, 11) is 0. The molecule has 4 aromatic carbocycles. The Morgan fingerprint density at radius 1 is 0.719 bits per heavy atom. The molecule has 0 bridgehead atoms. The lowest BCUT2D eigenvalue weighted by molar-refractivity contribution is 0.242. The minimum absolute atomic E-state index is 0.118. The number of ether oxygens (including phenoxy) is 2. The maximum atomic E-state index is 6.39. The summed E-state index contributed by atoms with van der Waals surface area (Å²) in [5.41, 5.74) is 1.70. The lowest BCUT2D eigenvalue weighted by Gasteiger charge is -2.13. The van der Waals surface area contributed by atoms with Gasteiger partial charge in [0.25, 0.3) is 0 Å². The Hall–Kier alpha value is -3.63. The zero-order valence-electron chi connectivity index (χ0n) is 17.7. The van der Waals surface area contributed by atoms with Crippen LogP contribution in [0.3, 0.4) is 0 Å². The Kier molecular flexibility index (Phi) is 5.38. The highest BCUT2D eigenvalue weighted by atomic mass is 35.5. The summed E-state index contributed by atoms with van der Waals surface area (Å²) >= 11 is 6.39. The predicted molar refractivity (Wildman–Crippen MR) is 130 cm³/mol. The average Bonchev–Trinajstić information content (AvgIpc) is 2.81. The number of hydrogen-bond donors (Lipinski definition) is 0. The lowest BCUT2D eigenvalue weighted by Crippen LogP contribution is -2.05. The number of aromatic nitrogens is 2. The topological polar surface area (TPSA) is 44.2 Å². The van der Waals surface area contributed by atoms with E-state index in [2.05, 4.69) is 0 Å². The van der Waals surface area contributed by atoms with Crippen LogP contribution in [0.25, 0.3) is 33.1 Å². The number of benzene rings is 4. The number of hydrogen-bond acceptors (Lipinski definition) is 4. The summed E-state index contributed by atoms with van der Waals surface area (Å²) in [5, 5.41) is 3.39. The van der Waals surface area contributed by atoms with Crippen LogP contribution in [0.5, 0.6) is 17.4 Å². The second-order valence-corrected chi connectivity index (χ2v) is 8.16. The van der Waals surface area contributed by atoms with Crippen LogP contribution in [0.2, 0.25) is 5.02 Å². The SMILES string of the molecule is CC(C)Oc1ccc(-c2nc(Oc3ccc(Cl)c4ccccc34)c3ccccc3n2)cc1. The molecular weight excluding hydrogens is 420 g/mol. The fourth-order valence-corrected chi connectivity index (χ4v) is 3.86. The Labute approximate surface area is 191 Å². The van der Waals surface area contributed by atoms with Crippen molar-refractivity contribution in [3.05, 3.63) is 90.0 Å². The first-order valence-corrected chi connectivity index (χ1v) is 10.9. The van der Waals surface area contributed by atoms with Crippen LogP contribution in [-0.2, 0) is 0 Å². The van der Waals surface area contributed by atoms with Gasteiger partial charge in [-0.05, 0) is 62.4 Å². The van der Waals surface area contributed by atoms with Crippen LogP contribution >= 0.6 is 11.6 Å². The first-order valence-electron chi connectivity index (χ1n) is 10.5. The van der Waals surface area contributed by atoms with Crippen molar-refractivity contribution in [2.75, 3.05) is 0 Å². The number of para-hydroxylation sites is 1. The van der Waals surface area contributed by atoms with Crippen LogP contribution in [0.1, 0.15) is 13.8 Å². The van der Waals surface area contributed by atoms with Gasteiger partial charge in [-0.3, -0.25) is 0 Å². The molecule has 0 saturated heterocycles. The maximum absolute atomic E-state index is 6.39. The van der Waals surface area contributed by atoms with Gasteiger partial charge in [-0.25, -0.2) is 4.98 Å². The molecule has 0 radical (unpaired) electrons. The van der Waals surface area contributed by atoms with Gasteiger partial charge in [0.15, 0.2) is 5.82 Å². The van der Waals surface area contributed by atoms with Crippen LogP contribution in [0.15, 0.2) is 84.9 Å². The first-order chi connectivity index (χ1) is 15.6. The smallest absolute Gasteiger partial charge is 0.230 e. The molecule has 0 aliphatic rings. The number of fused-ring (bicyclic) bond motifs is 2. The molecule has 158 valence electrons. The molecule has 1 heterocycles. The van der Waals surface area contributed by atoms with Crippen molar-refractivity contribution in [1.82, 2.24) is 9.97 Å². The van der Waals surface area contributed by atoms with Crippen molar-refractivity contribution < 1.29 is 9.47 Å². The molecule has 4 nitrogen and oxygen atoms in total. The van der Waals surface area contributed by atoms with Gasteiger partial charge in [-0.15, -0.1) is 0 Å². The molecule has 0 aliphatic carbocycles. The molecule has 0 saturated carbocycles. The molecule has 5 heteroatoms. The summed E-state index contributed by atoms with van der Waals surface area (Å²) < 4.78 is 12.1. The minimum atomic E-state index is 0.118. The van der Waals surface area contributed by atoms with Crippen LogP contribution < -0.4 is 9.47 Å². The van der Waals surface area contributed by atoms with Crippen LogP contribution in [-0.4, -0.2) is 16.1 Å². The van der Waals surface area contributed by atoms with Crippen molar-refractivity contribution in [1.29, 1.82) is 0 Å². The predicted octanol–water partition coefficient (Wildman–Crippen LogP) is 7.68. The van der Waals surface area contributed by atoms with Crippen molar-refractivity contribution in [2.45, 2.75) is 20.0 Å². The van der Waals surface area contributed by atoms with Crippen molar-refractivity contribution >= 4 is 33.3 Å². The molecule has 1 aromatic heterocycles. The van der Waals surface area contributed by atoms with Gasteiger partial charge in [0.2, 0.25) is 5.88 Å². The highest BCUT2D eigenvalue weighted by molar-refractivity contribution is 6.35. The molecule has 0 amide bonds. The number of nitrogens with zero attached hydrogens (tertiary/aromatic N) is 2. The van der Waals surface area contributed by atoms with E-state index < -0.39 is 0 Å². The molecule has 32 heavy (non-hydrogen) atoms. The second-order valence-electron chi connectivity index (χ2n) is 7.75. The highest BCUT2D eigenvalue weighted by Gasteiger charge is 2.14. The third-order valence-corrected chi connectivity index (χ3v) is 5.42. The van der Waals surface area contributed by atoms with E-state index in [9.17, 15) is 0 Å². The fourth-order valence-electron chi connectivity index (χ4n) is 3.64. The molecule has 0 atom stereocenters. The normalized spacial score (nSPS) is 11.2. The molecule has 5 rings (SSSR count). The van der Waals surface area contributed by atoms with E-state index in [1.807, 2.05) is 98.8 Å². The molecule has 0 N–H and O–H groups in total. The summed E-state index contributed by atoms with van der Waals surface area (Å²) in [4.78, 5) is 9.54. The molecule has 5 aromatic rings. The zero-order chi connectivity index (χ0) is 22.1. The van der Waals surface area contributed by atoms with E-state index in [-0.39, 0.29) is 6.10 Å². The molecule has 0 unspecified atom stereocenters. The third-order valence-electron chi connectivity index (χ3n) is 5.09. The van der Waals surface area contributed by atoms with E-state index >= 15 is 0 Å². The maximum Gasteiger partial charge on any atom is 0.230 e. The van der Waals surface area contributed by atoms with Crippen LogP contribution in [0.4, 0.5) is 0 Å². The van der Waals surface area contributed by atoms with Gasteiger partial charge in [0, 0.05) is 21.4 Å². The van der Waals surface area contributed by atoms with Gasteiger partial charge >= 0.3 is 0 Å². The summed E-state index contributed by atoms with van der Waals surface area (Å²) in [6.45, 7) is 4.01. The molecule has 0 aliphatic heterocycles. The minimum Gasteiger partial charge on any atom is -0.491 e. The highest BCUT2D eigenvalue weighted by Crippen LogP contribution is 2.36. The largest absolute Gasteiger partial charge is 0.491 e. The average molecular weight is 441 g/mol. The summed E-state index contributed by atoms with van der Waals surface area (Å²) in [6, 6.07) is 27.2. The van der Waals surface area contributed by atoms with E-state index in [4.69, 9.17) is 31.0 Å². The van der Waals surface area contributed by atoms with E-state index in [0.29, 0.717) is 22.5 Å². The monoisotopic (exact) mass is 440 g/mol. The van der Waals surface area contributed by atoms with Gasteiger partial charge in [0.1, 0.15) is 11.5 Å². The van der Waals surface area contributed by atoms with Gasteiger partial charge in [-0.2, -0.15) is 4.98 Å². The Balaban J connectivity index is 1.60. The first kappa shape index (κ1) is 20.3. The number of halogens is 1. The quantitative estimate of drug-likeness (QED) is 0.281. The van der Waals surface area contributed by atoms with Crippen molar-refractivity contribution in [3.8, 4) is 28.8 Å². The Morgan fingerprint density at radius 2 is 1.41 bits per heavy atom. The van der Waals surface area contributed by atoms with Gasteiger partial charge < -0.3 is 9.47 Å².